The smallest absolute Gasteiger partial charge is 0.137 e. The van der Waals surface area contributed by atoms with Crippen molar-refractivity contribution in [3.63, 3.8) is 0 Å². The molecule has 3 unspecified atom stereocenters. The van der Waals surface area contributed by atoms with Crippen LogP contribution >= 0.6 is 0 Å². The minimum atomic E-state index is 0.297. The van der Waals surface area contributed by atoms with Crippen LogP contribution in [0.25, 0.3) is 0 Å². The molecule has 0 saturated heterocycles. The van der Waals surface area contributed by atoms with Crippen LogP contribution in [0.4, 0.5) is 0 Å². The molecular weight excluding hydrogens is 246 g/mol. The lowest BCUT2D eigenvalue weighted by Crippen LogP contribution is -2.45. The highest BCUT2D eigenvalue weighted by atomic mass is 16.1. The lowest BCUT2D eigenvalue weighted by atomic mass is 9.74. The molecule has 0 aromatic heterocycles. The molecular formula is C18H33NO. The molecule has 2 aliphatic carbocycles. The van der Waals surface area contributed by atoms with E-state index < -0.39 is 0 Å². The highest BCUT2D eigenvalue weighted by Gasteiger charge is 2.35. The van der Waals surface area contributed by atoms with Crippen molar-refractivity contribution in [2.45, 2.75) is 72.3 Å². The molecule has 2 heteroatoms. The first kappa shape index (κ1) is 16.0. The minimum Gasteiger partial charge on any atom is -0.299 e. The van der Waals surface area contributed by atoms with Gasteiger partial charge in [0.2, 0.25) is 0 Å². The van der Waals surface area contributed by atoms with Crippen LogP contribution in [0, 0.1) is 23.7 Å². The van der Waals surface area contributed by atoms with E-state index in [1.165, 1.54) is 32.1 Å². The van der Waals surface area contributed by atoms with Crippen molar-refractivity contribution in [1.82, 2.24) is 4.90 Å². The Kier molecular flexibility index (Phi) is 5.65. The monoisotopic (exact) mass is 279 g/mol. The van der Waals surface area contributed by atoms with Crippen LogP contribution in [0.5, 0.6) is 0 Å². The Hall–Kier alpha value is -0.370. The SMILES string of the molecule is CC(C)CN(CC1C(=O)CC(C)CC1C)C1CCCC1. The molecule has 0 bridgehead atoms. The Morgan fingerprint density at radius 1 is 1.20 bits per heavy atom. The summed E-state index contributed by atoms with van der Waals surface area (Å²) < 4.78 is 0. The summed E-state index contributed by atoms with van der Waals surface area (Å²) in [5, 5.41) is 0. The molecule has 0 amide bonds. The first-order valence-electron chi connectivity index (χ1n) is 8.74. The molecule has 0 spiro atoms. The summed E-state index contributed by atoms with van der Waals surface area (Å²) in [5.74, 6) is 2.69. The van der Waals surface area contributed by atoms with Gasteiger partial charge >= 0.3 is 0 Å². The van der Waals surface area contributed by atoms with Gasteiger partial charge in [-0.15, -0.1) is 0 Å². The van der Waals surface area contributed by atoms with Crippen LogP contribution in [0.3, 0.4) is 0 Å². The summed E-state index contributed by atoms with van der Waals surface area (Å²) >= 11 is 0. The predicted molar refractivity (Wildman–Crippen MR) is 84.7 cm³/mol. The summed E-state index contributed by atoms with van der Waals surface area (Å²) in [4.78, 5) is 15.1. The topological polar surface area (TPSA) is 20.3 Å². The molecule has 0 N–H and O–H groups in total. The molecule has 0 aromatic rings. The molecule has 2 nitrogen and oxygen atoms in total. The zero-order valence-corrected chi connectivity index (χ0v) is 13.9. The first-order valence-corrected chi connectivity index (χ1v) is 8.74. The van der Waals surface area contributed by atoms with E-state index in [2.05, 4.69) is 32.6 Å². The van der Waals surface area contributed by atoms with Gasteiger partial charge in [0.25, 0.3) is 0 Å². The van der Waals surface area contributed by atoms with Crippen molar-refractivity contribution in [3.8, 4) is 0 Å². The van der Waals surface area contributed by atoms with E-state index in [0.29, 0.717) is 29.5 Å². The number of hydrogen-bond acceptors (Lipinski definition) is 2. The Labute approximate surface area is 125 Å². The minimum absolute atomic E-state index is 0.297. The summed E-state index contributed by atoms with van der Waals surface area (Å²) in [7, 11) is 0. The molecule has 3 atom stereocenters. The quantitative estimate of drug-likeness (QED) is 0.754. The summed E-state index contributed by atoms with van der Waals surface area (Å²) in [6.07, 6.45) is 7.50. The molecule has 20 heavy (non-hydrogen) atoms. The van der Waals surface area contributed by atoms with Crippen LogP contribution < -0.4 is 0 Å². The van der Waals surface area contributed by atoms with Gasteiger partial charge in [-0.3, -0.25) is 9.69 Å². The standard InChI is InChI=1S/C18H33NO/c1-13(2)11-19(16-7-5-6-8-16)12-17-15(4)9-14(3)10-18(17)20/h13-17H,5-12H2,1-4H3. The number of rotatable bonds is 5. The molecule has 2 fully saturated rings. The van der Waals surface area contributed by atoms with Gasteiger partial charge in [-0.1, -0.05) is 40.5 Å². The fourth-order valence-electron chi connectivity index (χ4n) is 4.34. The van der Waals surface area contributed by atoms with Gasteiger partial charge < -0.3 is 0 Å². The fourth-order valence-corrected chi connectivity index (χ4v) is 4.34. The van der Waals surface area contributed by atoms with Crippen molar-refractivity contribution < 1.29 is 4.79 Å². The molecule has 116 valence electrons. The summed E-state index contributed by atoms with van der Waals surface area (Å²) in [5.41, 5.74) is 0. The van der Waals surface area contributed by atoms with E-state index in [0.717, 1.165) is 25.6 Å². The van der Waals surface area contributed by atoms with Gasteiger partial charge in [0.15, 0.2) is 0 Å². The highest BCUT2D eigenvalue weighted by Crippen LogP contribution is 2.33. The second-order valence-electron chi connectivity index (χ2n) is 7.88. The molecule has 2 saturated carbocycles. The molecule has 2 rings (SSSR count). The van der Waals surface area contributed by atoms with Crippen molar-refractivity contribution in [2.75, 3.05) is 13.1 Å². The predicted octanol–water partition coefficient (Wildman–Crippen LogP) is 4.14. The van der Waals surface area contributed by atoms with E-state index in [4.69, 9.17) is 0 Å². The normalized spacial score (nSPS) is 32.5. The number of carbonyl (C=O) groups excluding carboxylic acids is 1. The second-order valence-corrected chi connectivity index (χ2v) is 7.88. The molecule has 0 aromatic carbocycles. The Morgan fingerprint density at radius 2 is 1.85 bits per heavy atom. The zero-order valence-electron chi connectivity index (χ0n) is 13.9. The second kappa shape index (κ2) is 7.06. The van der Waals surface area contributed by atoms with Gasteiger partial charge in [-0.25, -0.2) is 0 Å². The molecule has 2 aliphatic rings. The largest absolute Gasteiger partial charge is 0.299 e. The number of carbonyl (C=O) groups is 1. The maximum atomic E-state index is 12.4. The zero-order chi connectivity index (χ0) is 14.7. The molecule has 0 heterocycles. The van der Waals surface area contributed by atoms with Crippen molar-refractivity contribution in [1.29, 1.82) is 0 Å². The fraction of sp³-hybridized carbons (Fsp3) is 0.944. The summed E-state index contributed by atoms with van der Waals surface area (Å²) in [6, 6.07) is 0.747. The van der Waals surface area contributed by atoms with E-state index in [-0.39, 0.29) is 0 Å². The van der Waals surface area contributed by atoms with Gasteiger partial charge in [-0.2, -0.15) is 0 Å². The van der Waals surface area contributed by atoms with Crippen molar-refractivity contribution in [2.24, 2.45) is 23.7 Å². The third-order valence-corrected chi connectivity index (χ3v) is 5.30. The Morgan fingerprint density at radius 3 is 2.40 bits per heavy atom. The average Bonchev–Trinajstić information content (AvgIpc) is 2.85. The van der Waals surface area contributed by atoms with E-state index >= 15 is 0 Å². The Bertz CT molecular complexity index is 319. The van der Waals surface area contributed by atoms with Crippen LogP contribution in [-0.4, -0.2) is 29.8 Å². The molecule has 0 radical (unpaired) electrons. The van der Waals surface area contributed by atoms with Gasteiger partial charge in [0.1, 0.15) is 5.78 Å². The maximum Gasteiger partial charge on any atom is 0.137 e. The lowest BCUT2D eigenvalue weighted by molar-refractivity contribution is -0.129. The van der Waals surface area contributed by atoms with Gasteiger partial charge in [0.05, 0.1) is 0 Å². The number of nitrogens with zero attached hydrogens (tertiary/aromatic N) is 1. The lowest BCUT2D eigenvalue weighted by Gasteiger charge is -2.38. The van der Waals surface area contributed by atoms with Crippen LogP contribution in [0.1, 0.15) is 66.2 Å². The van der Waals surface area contributed by atoms with Gasteiger partial charge in [-0.05, 0) is 37.0 Å². The van der Waals surface area contributed by atoms with Crippen molar-refractivity contribution in [3.05, 3.63) is 0 Å². The maximum absolute atomic E-state index is 12.4. The number of ketones is 1. The van der Waals surface area contributed by atoms with Crippen LogP contribution in [0.15, 0.2) is 0 Å². The van der Waals surface area contributed by atoms with Crippen molar-refractivity contribution >= 4 is 5.78 Å². The number of Topliss-reactive ketones (excluding diaryl/α,β-unsaturated/α-hetero) is 1. The van der Waals surface area contributed by atoms with Crippen LogP contribution in [-0.2, 0) is 4.79 Å². The molecule has 0 aliphatic heterocycles. The van der Waals surface area contributed by atoms with E-state index in [1.807, 2.05) is 0 Å². The summed E-state index contributed by atoms with van der Waals surface area (Å²) in [6.45, 7) is 11.3. The Balaban J connectivity index is 2.00. The first-order chi connectivity index (χ1) is 9.47. The van der Waals surface area contributed by atoms with Gasteiger partial charge in [0, 0.05) is 31.5 Å². The highest BCUT2D eigenvalue weighted by molar-refractivity contribution is 5.82. The average molecular weight is 279 g/mol. The van der Waals surface area contributed by atoms with E-state index in [1.54, 1.807) is 0 Å². The number of hydrogen-bond donors (Lipinski definition) is 0. The van der Waals surface area contributed by atoms with E-state index in [9.17, 15) is 4.79 Å². The third kappa shape index (κ3) is 4.07. The third-order valence-electron chi connectivity index (χ3n) is 5.30. The van der Waals surface area contributed by atoms with Crippen LogP contribution in [0.2, 0.25) is 0 Å².